The van der Waals surface area contributed by atoms with Gasteiger partial charge in [0.2, 0.25) is 0 Å². The van der Waals surface area contributed by atoms with Crippen LogP contribution in [0.2, 0.25) is 0 Å². The molecule has 0 aliphatic heterocycles. The largest absolute Gasteiger partial charge is 0.309 e. The van der Waals surface area contributed by atoms with Crippen LogP contribution in [0.15, 0.2) is 146 Å². The number of para-hydroxylation sites is 1. The zero-order valence-electron chi connectivity index (χ0n) is 25.0. The van der Waals surface area contributed by atoms with Crippen molar-refractivity contribution in [3.63, 3.8) is 0 Å². The lowest BCUT2D eigenvalue weighted by Gasteiger charge is -2.20. The number of aromatic nitrogens is 4. The summed E-state index contributed by atoms with van der Waals surface area (Å²) in [6.45, 7) is 0. The van der Waals surface area contributed by atoms with Gasteiger partial charge in [0, 0.05) is 33.2 Å². The van der Waals surface area contributed by atoms with E-state index < -0.39 is 0 Å². The van der Waals surface area contributed by atoms with Gasteiger partial charge in [-0.3, -0.25) is 0 Å². The molecule has 4 nitrogen and oxygen atoms in total. The second-order valence-electron chi connectivity index (χ2n) is 12.4. The fourth-order valence-corrected chi connectivity index (χ4v) is 7.52. The van der Waals surface area contributed by atoms with Gasteiger partial charge in [0.15, 0.2) is 17.5 Å². The molecule has 0 N–H and O–H groups in total. The van der Waals surface area contributed by atoms with E-state index in [9.17, 15) is 0 Å². The summed E-state index contributed by atoms with van der Waals surface area (Å²) in [6, 6.07) is 51.6. The molecule has 216 valence electrons. The minimum absolute atomic E-state index is 0.626. The number of hydrogen-bond acceptors (Lipinski definition) is 3. The van der Waals surface area contributed by atoms with Crippen molar-refractivity contribution in [1.82, 2.24) is 19.5 Å². The number of hydrogen-bond donors (Lipinski definition) is 0. The van der Waals surface area contributed by atoms with E-state index in [1.807, 2.05) is 60.7 Å². The first-order valence-corrected chi connectivity index (χ1v) is 15.9. The Morgan fingerprint density at radius 2 is 1.04 bits per heavy atom. The Bertz CT molecular complexity index is 2400. The number of nitrogens with zero attached hydrogens (tertiary/aromatic N) is 4. The van der Waals surface area contributed by atoms with Gasteiger partial charge < -0.3 is 4.57 Å². The Hall–Kier alpha value is -5.87. The van der Waals surface area contributed by atoms with Gasteiger partial charge in [0.1, 0.15) is 0 Å². The number of fused-ring (bicyclic) bond motifs is 9. The summed E-state index contributed by atoms with van der Waals surface area (Å²) >= 11 is 0. The first kappa shape index (κ1) is 25.5. The standard InChI is InChI=1S/C42H28N4/c1-3-12-26(13-4-1)40-43-41(27-14-5-2-6-15-27)45-42(44-40)28-16-11-17-29(22-28)46-38-21-10-9-20-32(38)37-24-35-34-23-33(34)30-18-7-8-19-31(30)36(35)25-39(37)46/h1-22,24-25,33-34H,23H2. The lowest BCUT2D eigenvalue weighted by molar-refractivity contribution is 1.01. The molecule has 6 aromatic carbocycles. The van der Waals surface area contributed by atoms with Crippen molar-refractivity contribution in [3.8, 4) is 51.0 Å². The number of rotatable bonds is 4. The summed E-state index contributed by atoms with van der Waals surface area (Å²) in [5.74, 6) is 3.27. The molecule has 0 bridgehead atoms. The van der Waals surface area contributed by atoms with E-state index in [0.717, 1.165) is 22.4 Å². The van der Waals surface area contributed by atoms with Crippen molar-refractivity contribution in [2.24, 2.45) is 0 Å². The lowest BCUT2D eigenvalue weighted by atomic mass is 9.85. The molecule has 8 aromatic rings. The first-order valence-electron chi connectivity index (χ1n) is 15.9. The minimum atomic E-state index is 0.626. The first-order chi connectivity index (χ1) is 22.8. The van der Waals surface area contributed by atoms with E-state index in [0.29, 0.717) is 29.3 Å². The van der Waals surface area contributed by atoms with Gasteiger partial charge in [-0.15, -0.1) is 0 Å². The normalized spacial score (nSPS) is 16.2. The third-order valence-corrected chi connectivity index (χ3v) is 9.75. The second-order valence-corrected chi connectivity index (χ2v) is 12.4. The molecule has 0 spiro atoms. The predicted octanol–water partition coefficient (Wildman–Crippen LogP) is 10.2. The van der Waals surface area contributed by atoms with Gasteiger partial charge >= 0.3 is 0 Å². The summed E-state index contributed by atoms with van der Waals surface area (Å²) in [5, 5.41) is 2.59. The summed E-state index contributed by atoms with van der Waals surface area (Å²) in [6.07, 6.45) is 1.25. The van der Waals surface area contributed by atoms with Crippen molar-refractivity contribution in [2.75, 3.05) is 0 Å². The monoisotopic (exact) mass is 588 g/mol. The molecule has 0 saturated heterocycles. The van der Waals surface area contributed by atoms with Crippen LogP contribution in [-0.2, 0) is 0 Å². The maximum absolute atomic E-state index is 5.01. The van der Waals surface area contributed by atoms with Crippen molar-refractivity contribution < 1.29 is 0 Å². The highest BCUT2D eigenvalue weighted by Crippen LogP contribution is 2.62. The molecule has 10 rings (SSSR count). The van der Waals surface area contributed by atoms with E-state index in [1.54, 1.807) is 0 Å². The van der Waals surface area contributed by atoms with E-state index >= 15 is 0 Å². The second kappa shape index (κ2) is 9.82. The Morgan fingerprint density at radius 1 is 0.435 bits per heavy atom. The van der Waals surface area contributed by atoms with Crippen LogP contribution in [-0.4, -0.2) is 19.5 Å². The van der Waals surface area contributed by atoms with Crippen LogP contribution in [0.3, 0.4) is 0 Å². The molecule has 1 fully saturated rings. The highest BCUT2D eigenvalue weighted by atomic mass is 15.0. The maximum Gasteiger partial charge on any atom is 0.164 e. The summed E-state index contributed by atoms with van der Waals surface area (Å²) in [7, 11) is 0. The fraction of sp³-hybridized carbons (Fsp3) is 0.0714. The van der Waals surface area contributed by atoms with E-state index in [1.165, 1.54) is 50.5 Å². The van der Waals surface area contributed by atoms with Crippen molar-refractivity contribution >= 4 is 21.8 Å². The summed E-state index contributed by atoms with van der Waals surface area (Å²) < 4.78 is 2.41. The SMILES string of the molecule is c1ccc(-c2nc(-c3ccccc3)nc(-c3cccc(-n4c5ccccc5c5cc6c(cc54)-c4ccccc4C4CC64)c3)n2)cc1. The predicted molar refractivity (Wildman–Crippen MR) is 186 cm³/mol. The maximum atomic E-state index is 5.01. The molecule has 46 heavy (non-hydrogen) atoms. The minimum Gasteiger partial charge on any atom is -0.309 e. The third kappa shape index (κ3) is 3.90. The van der Waals surface area contributed by atoms with Crippen LogP contribution >= 0.6 is 0 Å². The van der Waals surface area contributed by atoms with Crippen LogP contribution < -0.4 is 0 Å². The Kier molecular flexibility index (Phi) is 5.43. The van der Waals surface area contributed by atoms with Gasteiger partial charge in [-0.05, 0) is 70.8 Å². The highest BCUT2D eigenvalue weighted by molar-refractivity contribution is 6.11. The molecule has 2 aliphatic rings. The van der Waals surface area contributed by atoms with Gasteiger partial charge in [0.05, 0.1) is 11.0 Å². The fourth-order valence-electron chi connectivity index (χ4n) is 7.52. The van der Waals surface area contributed by atoms with Crippen LogP contribution in [0.4, 0.5) is 0 Å². The lowest BCUT2D eigenvalue weighted by Crippen LogP contribution is -2.02. The molecule has 2 heterocycles. The molecule has 0 amide bonds. The molecular weight excluding hydrogens is 560 g/mol. The third-order valence-electron chi connectivity index (χ3n) is 9.75. The molecular formula is C42H28N4. The molecule has 4 heteroatoms. The molecule has 2 aliphatic carbocycles. The van der Waals surface area contributed by atoms with Crippen LogP contribution in [0.25, 0.3) is 72.8 Å². The number of benzene rings is 6. The van der Waals surface area contributed by atoms with Gasteiger partial charge in [-0.25, -0.2) is 15.0 Å². The Labute approximate surface area is 266 Å². The van der Waals surface area contributed by atoms with Crippen LogP contribution in [0, 0.1) is 0 Å². The smallest absolute Gasteiger partial charge is 0.164 e. The average Bonchev–Trinajstić information content (AvgIpc) is 3.88. The average molecular weight is 589 g/mol. The molecule has 2 unspecified atom stereocenters. The quantitative estimate of drug-likeness (QED) is 0.205. The molecule has 1 saturated carbocycles. The van der Waals surface area contributed by atoms with E-state index in [2.05, 4.69) is 89.5 Å². The molecule has 0 radical (unpaired) electrons. The summed E-state index contributed by atoms with van der Waals surface area (Å²) in [5.41, 5.74) is 12.1. The topological polar surface area (TPSA) is 43.6 Å². The van der Waals surface area contributed by atoms with Crippen LogP contribution in [0.1, 0.15) is 29.4 Å². The van der Waals surface area contributed by atoms with Crippen LogP contribution in [0.5, 0.6) is 0 Å². The zero-order chi connectivity index (χ0) is 30.2. The van der Waals surface area contributed by atoms with Crippen molar-refractivity contribution in [3.05, 3.63) is 157 Å². The van der Waals surface area contributed by atoms with E-state index in [-0.39, 0.29) is 0 Å². The van der Waals surface area contributed by atoms with E-state index in [4.69, 9.17) is 15.0 Å². The highest BCUT2D eigenvalue weighted by Gasteiger charge is 2.45. The Balaban J connectivity index is 1.19. The molecule has 2 aromatic heterocycles. The molecule has 2 atom stereocenters. The Morgan fingerprint density at radius 3 is 1.80 bits per heavy atom. The van der Waals surface area contributed by atoms with Crippen molar-refractivity contribution in [1.29, 1.82) is 0 Å². The summed E-state index contributed by atoms with van der Waals surface area (Å²) in [4.78, 5) is 14.9. The van der Waals surface area contributed by atoms with Gasteiger partial charge in [-0.2, -0.15) is 0 Å². The zero-order valence-corrected chi connectivity index (χ0v) is 25.0. The van der Waals surface area contributed by atoms with Gasteiger partial charge in [0.25, 0.3) is 0 Å². The van der Waals surface area contributed by atoms with Crippen molar-refractivity contribution in [2.45, 2.75) is 18.3 Å². The van der Waals surface area contributed by atoms with Gasteiger partial charge in [-0.1, -0.05) is 115 Å².